The molecule has 4 atom stereocenters. The molecule has 1 aromatic rings. The van der Waals surface area contributed by atoms with E-state index in [1.54, 1.807) is 23.1 Å². The van der Waals surface area contributed by atoms with E-state index >= 15 is 0 Å². The highest BCUT2D eigenvalue weighted by atomic mass is 16.5. The lowest BCUT2D eigenvalue weighted by atomic mass is 9.89. The summed E-state index contributed by atoms with van der Waals surface area (Å²) >= 11 is 0. The first-order chi connectivity index (χ1) is 21.7. The number of ether oxygens (including phenoxy) is 2. The maximum Gasteiger partial charge on any atom is 0.319 e. The Morgan fingerprint density at radius 2 is 1.69 bits per heavy atom. The van der Waals surface area contributed by atoms with Crippen LogP contribution in [0.2, 0.25) is 0 Å². The summed E-state index contributed by atoms with van der Waals surface area (Å²) in [6, 6.07) is 4.85. The molecule has 0 bridgehead atoms. The fourth-order valence-electron chi connectivity index (χ4n) is 7.25. The van der Waals surface area contributed by atoms with Gasteiger partial charge in [0.05, 0.1) is 30.4 Å². The summed E-state index contributed by atoms with van der Waals surface area (Å²) in [4.78, 5) is 31.4. The smallest absolute Gasteiger partial charge is 0.319 e. The Hall–Kier alpha value is -2.36. The number of aliphatic hydroxyl groups is 1. The maximum atomic E-state index is 14.4. The third-order valence-corrected chi connectivity index (χ3v) is 10.0. The number of carbonyl (C=O) groups is 2. The molecule has 1 aromatic carbocycles. The molecular formula is C36H60N4O5. The van der Waals surface area contributed by atoms with E-state index in [2.05, 4.69) is 29.5 Å². The monoisotopic (exact) mass is 628 g/mol. The minimum Gasteiger partial charge on any atom is -0.490 e. The lowest BCUT2D eigenvalue weighted by molar-refractivity contribution is -0.0190. The van der Waals surface area contributed by atoms with Gasteiger partial charge >= 0.3 is 6.03 Å². The number of aliphatic hydroxyl groups excluding tert-OH is 1. The summed E-state index contributed by atoms with van der Waals surface area (Å²) in [7, 11) is 2.20. The minimum absolute atomic E-state index is 0.0349. The van der Waals surface area contributed by atoms with E-state index in [0.717, 1.165) is 64.0 Å². The van der Waals surface area contributed by atoms with E-state index in [9.17, 15) is 14.7 Å². The molecule has 9 nitrogen and oxygen atoms in total. The van der Waals surface area contributed by atoms with E-state index in [1.165, 1.54) is 38.5 Å². The Bertz CT molecular complexity index is 1060. The number of benzene rings is 1. The molecule has 1 aliphatic heterocycles. The Morgan fingerprint density at radius 1 is 1.00 bits per heavy atom. The lowest BCUT2D eigenvalue weighted by Crippen LogP contribution is -2.47. The van der Waals surface area contributed by atoms with E-state index < -0.39 is 6.04 Å². The summed E-state index contributed by atoms with van der Waals surface area (Å²) in [5.41, 5.74) is 0.941. The van der Waals surface area contributed by atoms with Crippen molar-refractivity contribution in [3.05, 3.63) is 23.8 Å². The number of carbonyl (C=O) groups excluding carboxylic acids is 2. The second-order valence-corrected chi connectivity index (χ2v) is 14.2. The molecule has 254 valence electrons. The van der Waals surface area contributed by atoms with Gasteiger partial charge < -0.3 is 35.0 Å². The molecule has 0 saturated heterocycles. The van der Waals surface area contributed by atoms with Crippen LogP contribution in [0.3, 0.4) is 0 Å². The van der Waals surface area contributed by atoms with Crippen molar-refractivity contribution in [3.63, 3.8) is 0 Å². The van der Waals surface area contributed by atoms with Crippen molar-refractivity contribution >= 4 is 17.6 Å². The standard InChI is InChI=1S/C36H60N4O5/c1-26-22-40(27(2)25-41)35(42)32-21-31(38-36(43)37-30-16-9-6-10-17-30)18-19-33(32)45-28(3)13-11-12-20-44-34(26)24-39(4)23-29-14-7-5-8-15-29/h18-19,21,26-30,34,41H,5-17,20,22-25H2,1-4H3,(H2,37,38,43)/t26-,27-,28+,34-/m1/s1. The van der Waals surface area contributed by atoms with Gasteiger partial charge in [-0.3, -0.25) is 4.79 Å². The van der Waals surface area contributed by atoms with Crippen molar-refractivity contribution in [3.8, 4) is 5.75 Å². The van der Waals surface area contributed by atoms with Gasteiger partial charge in [-0.25, -0.2) is 4.79 Å². The molecule has 3 aliphatic rings. The molecule has 3 N–H and O–H groups in total. The number of nitrogens with one attached hydrogen (secondary N) is 2. The van der Waals surface area contributed by atoms with Gasteiger partial charge in [-0.2, -0.15) is 0 Å². The maximum absolute atomic E-state index is 14.4. The lowest BCUT2D eigenvalue weighted by Gasteiger charge is -2.36. The van der Waals surface area contributed by atoms with Crippen LogP contribution in [-0.4, -0.2) is 91.0 Å². The zero-order chi connectivity index (χ0) is 32.2. The summed E-state index contributed by atoms with van der Waals surface area (Å²) in [5, 5.41) is 16.3. The number of hydrogen-bond acceptors (Lipinski definition) is 6. The van der Waals surface area contributed by atoms with Crippen molar-refractivity contribution in [2.24, 2.45) is 11.8 Å². The second-order valence-electron chi connectivity index (χ2n) is 14.2. The topological polar surface area (TPSA) is 103 Å². The summed E-state index contributed by atoms with van der Waals surface area (Å²) < 4.78 is 12.9. The van der Waals surface area contributed by atoms with E-state index in [-0.39, 0.29) is 42.7 Å². The third-order valence-electron chi connectivity index (χ3n) is 10.0. The van der Waals surface area contributed by atoms with Gasteiger partial charge in [0, 0.05) is 43.9 Å². The van der Waals surface area contributed by atoms with Crippen molar-refractivity contribution in [1.29, 1.82) is 0 Å². The first-order valence-electron chi connectivity index (χ1n) is 17.8. The van der Waals surface area contributed by atoms with Gasteiger partial charge in [0.1, 0.15) is 5.75 Å². The zero-order valence-corrected chi connectivity index (χ0v) is 28.4. The molecular weight excluding hydrogens is 568 g/mol. The molecule has 0 aromatic heterocycles. The molecule has 2 aliphatic carbocycles. The average Bonchev–Trinajstić information content (AvgIpc) is 3.03. The number of hydrogen-bond donors (Lipinski definition) is 3. The van der Waals surface area contributed by atoms with E-state index in [4.69, 9.17) is 9.47 Å². The zero-order valence-electron chi connectivity index (χ0n) is 28.4. The van der Waals surface area contributed by atoms with Crippen LogP contribution in [-0.2, 0) is 4.74 Å². The van der Waals surface area contributed by atoms with Gasteiger partial charge in [0.25, 0.3) is 5.91 Å². The Kier molecular flexibility index (Phi) is 14.3. The molecule has 2 fully saturated rings. The minimum atomic E-state index is -0.398. The van der Waals surface area contributed by atoms with E-state index in [0.29, 0.717) is 30.2 Å². The number of anilines is 1. The van der Waals surface area contributed by atoms with Gasteiger partial charge in [0.15, 0.2) is 0 Å². The van der Waals surface area contributed by atoms with Crippen molar-refractivity contribution in [1.82, 2.24) is 15.1 Å². The quantitative estimate of drug-likeness (QED) is 0.306. The molecule has 0 radical (unpaired) electrons. The molecule has 45 heavy (non-hydrogen) atoms. The van der Waals surface area contributed by atoms with Crippen LogP contribution in [0.15, 0.2) is 18.2 Å². The summed E-state index contributed by atoms with van der Waals surface area (Å²) in [6.45, 7) is 8.92. The first kappa shape index (κ1) is 35.5. The Morgan fingerprint density at radius 3 is 2.40 bits per heavy atom. The largest absolute Gasteiger partial charge is 0.490 e. The number of nitrogens with zero attached hydrogens (tertiary/aromatic N) is 2. The highest BCUT2D eigenvalue weighted by Crippen LogP contribution is 2.29. The van der Waals surface area contributed by atoms with Crippen LogP contribution in [0, 0.1) is 11.8 Å². The molecule has 9 heteroatoms. The molecule has 4 rings (SSSR count). The van der Waals surface area contributed by atoms with Gasteiger partial charge in [-0.15, -0.1) is 0 Å². The van der Waals surface area contributed by atoms with Crippen molar-refractivity contribution < 1.29 is 24.2 Å². The average molecular weight is 629 g/mol. The molecule has 2 saturated carbocycles. The predicted octanol–water partition coefficient (Wildman–Crippen LogP) is 6.45. The van der Waals surface area contributed by atoms with Crippen LogP contribution in [0.5, 0.6) is 5.75 Å². The van der Waals surface area contributed by atoms with Gasteiger partial charge in [0.2, 0.25) is 0 Å². The van der Waals surface area contributed by atoms with E-state index in [1.807, 2.05) is 13.8 Å². The normalized spacial score (nSPS) is 25.6. The second kappa shape index (κ2) is 18.1. The van der Waals surface area contributed by atoms with Gasteiger partial charge in [-0.1, -0.05) is 45.4 Å². The fourth-order valence-corrected chi connectivity index (χ4v) is 7.25. The molecule has 0 unspecified atom stereocenters. The van der Waals surface area contributed by atoms with Crippen LogP contribution in [0.4, 0.5) is 10.5 Å². The number of likely N-dealkylation sites (N-methyl/N-ethyl adjacent to an activating group) is 1. The van der Waals surface area contributed by atoms with Crippen LogP contribution < -0.4 is 15.4 Å². The number of urea groups is 1. The van der Waals surface area contributed by atoms with Crippen LogP contribution in [0.1, 0.15) is 115 Å². The highest BCUT2D eigenvalue weighted by molar-refractivity contribution is 5.99. The molecule has 3 amide bonds. The fraction of sp³-hybridized carbons (Fsp3) is 0.778. The number of fused-ring (bicyclic) bond motifs is 1. The van der Waals surface area contributed by atoms with Crippen molar-refractivity contribution in [2.45, 2.75) is 129 Å². The first-order valence-corrected chi connectivity index (χ1v) is 17.8. The van der Waals surface area contributed by atoms with Gasteiger partial charge in [-0.05, 0) is 90.0 Å². The number of rotatable bonds is 8. The predicted molar refractivity (Wildman–Crippen MR) is 180 cm³/mol. The summed E-state index contributed by atoms with van der Waals surface area (Å²) in [6.07, 6.45) is 14.7. The third kappa shape index (κ3) is 11.1. The van der Waals surface area contributed by atoms with Crippen LogP contribution in [0.25, 0.3) is 0 Å². The SMILES string of the molecule is C[C@@H]1CN([C@H](C)CO)C(=O)c2cc(NC(=O)NC3CCCCC3)ccc2O[C@@H](C)CCCCO[C@@H]1CN(C)CC1CCCCC1. The van der Waals surface area contributed by atoms with Crippen molar-refractivity contribution in [2.75, 3.05) is 45.2 Å². The van der Waals surface area contributed by atoms with Crippen LogP contribution >= 0.6 is 0 Å². The summed E-state index contributed by atoms with van der Waals surface area (Å²) in [5.74, 6) is 1.08. The Balaban J connectivity index is 1.54. The number of amides is 3. The Labute approximate surface area is 271 Å². The molecule has 1 heterocycles. The highest BCUT2D eigenvalue weighted by Gasteiger charge is 2.31. The molecule has 0 spiro atoms.